The van der Waals surface area contributed by atoms with Crippen LogP contribution in [0, 0.1) is 5.82 Å². The van der Waals surface area contributed by atoms with Gasteiger partial charge >= 0.3 is 18.4 Å². The van der Waals surface area contributed by atoms with Crippen LogP contribution in [0.15, 0.2) is 24.3 Å². The van der Waals surface area contributed by atoms with Gasteiger partial charge in [0.1, 0.15) is 5.82 Å². The van der Waals surface area contributed by atoms with E-state index in [0.29, 0.717) is 0 Å². The van der Waals surface area contributed by atoms with Crippen LogP contribution in [0.5, 0.6) is 0 Å². The number of anilines is 1. The third-order valence-corrected chi connectivity index (χ3v) is 2.03. The van der Waals surface area contributed by atoms with Crippen LogP contribution in [0.2, 0.25) is 0 Å². The number of benzene rings is 1. The van der Waals surface area contributed by atoms with E-state index in [2.05, 4.69) is 0 Å². The van der Waals surface area contributed by atoms with Crippen molar-refractivity contribution in [2.45, 2.75) is 18.4 Å². The molecule has 20 heavy (non-hydrogen) atoms. The number of carbonyl (C=O) groups excluding carboxylic acids is 1. The molecule has 0 saturated heterocycles. The topological polar surface area (TPSA) is 41.1 Å². The van der Waals surface area contributed by atoms with E-state index in [-0.39, 0.29) is 5.69 Å². The molecule has 10 heteroatoms. The van der Waals surface area contributed by atoms with Gasteiger partial charge in [0, 0.05) is 5.69 Å². The van der Waals surface area contributed by atoms with Gasteiger partial charge in [-0.25, -0.2) is 9.18 Å². The van der Waals surface area contributed by atoms with Crippen LogP contribution in [-0.2, 0) is 0 Å². The highest BCUT2D eigenvalue weighted by Crippen LogP contribution is 2.33. The summed E-state index contributed by atoms with van der Waals surface area (Å²) in [6.07, 6.45) is -11.4. The second kappa shape index (κ2) is 5.55. The number of hydrogen-bond acceptors (Lipinski definition) is 1. The molecule has 0 saturated carbocycles. The highest BCUT2D eigenvalue weighted by atomic mass is 19.4. The molecule has 0 aliphatic heterocycles. The lowest BCUT2D eigenvalue weighted by atomic mass is 10.3. The summed E-state index contributed by atoms with van der Waals surface area (Å²) in [5.74, 6) is -0.681. The van der Waals surface area contributed by atoms with Crippen molar-refractivity contribution in [1.29, 1.82) is 0 Å². The Labute approximate surface area is 107 Å². The number of amides is 2. The van der Waals surface area contributed by atoms with Crippen LogP contribution in [-0.4, -0.2) is 24.4 Å². The molecule has 0 radical (unpaired) electrons. The fourth-order valence-corrected chi connectivity index (χ4v) is 1.18. The molecule has 0 spiro atoms. The van der Waals surface area contributed by atoms with E-state index < -0.39 is 30.2 Å². The summed E-state index contributed by atoms with van der Waals surface area (Å²) < 4.78 is 85.5. The van der Waals surface area contributed by atoms with Crippen LogP contribution in [0.4, 0.5) is 41.2 Å². The number of urea groups is 1. The van der Waals surface area contributed by atoms with Crippen molar-refractivity contribution in [2.75, 3.05) is 5.32 Å². The minimum atomic E-state index is -5.68. The molecule has 3 nitrogen and oxygen atoms in total. The molecule has 0 atom stereocenters. The van der Waals surface area contributed by atoms with Crippen molar-refractivity contribution in [1.82, 2.24) is 5.32 Å². The molecule has 0 fully saturated rings. The molecular weight excluding hydrogens is 297 g/mol. The Bertz CT molecular complexity index is 452. The molecule has 0 aliphatic carbocycles. The Balaban J connectivity index is 2.75. The average Bonchev–Trinajstić information content (AvgIpc) is 2.26. The van der Waals surface area contributed by atoms with Crippen LogP contribution in [0.25, 0.3) is 0 Å². The lowest BCUT2D eigenvalue weighted by Crippen LogP contribution is -2.55. The van der Waals surface area contributed by atoms with Crippen LogP contribution >= 0.6 is 0 Å². The monoisotopic (exact) mass is 304 g/mol. The van der Waals surface area contributed by atoms with Crippen molar-refractivity contribution < 1.29 is 35.5 Å². The zero-order valence-corrected chi connectivity index (χ0v) is 9.44. The van der Waals surface area contributed by atoms with Crippen molar-refractivity contribution in [3.8, 4) is 0 Å². The summed E-state index contributed by atoms with van der Waals surface area (Å²) in [4.78, 5) is 11.1. The SMILES string of the molecule is O=C(Nc1ccc(F)cc1)NC(C(F)(F)F)C(F)(F)F. The van der Waals surface area contributed by atoms with Gasteiger partial charge in [-0.2, -0.15) is 26.3 Å². The Morgan fingerprint density at radius 1 is 0.950 bits per heavy atom. The zero-order chi connectivity index (χ0) is 15.6. The standard InChI is InChI=1S/C10H7F7N2O/c11-5-1-3-6(4-2-5)18-8(20)19-7(9(12,13)14)10(15,16)17/h1-4,7H,(H2,18,19,20). The summed E-state index contributed by atoms with van der Waals surface area (Å²) in [6.45, 7) is 0. The molecule has 0 aromatic heterocycles. The quantitative estimate of drug-likeness (QED) is 0.807. The number of carbonyl (C=O) groups is 1. The molecule has 0 heterocycles. The molecule has 2 N–H and O–H groups in total. The molecule has 112 valence electrons. The summed E-state index contributed by atoms with van der Waals surface area (Å²) in [5.41, 5.74) is -0.160. The largest absolute Gasteiger partial charge is 0.417 e. The molecule has 1 aromatic rings. The highest BCUT2D eigenvalue weighted by Gasteiger charge is 2.57. The number of hydrogen-bond donors (Lipinski definition) is 2. The van der Waals surface area contributed by atoms with Gasteiger partial charge in [-0.3, -0.25) is 0 Å². The maximum atomic E-state index is 12.5. The van der Waals surface area contributed by atoms with E-state index in [1.807, 2.05) is 0 Å². The van der Waals surface area contributed by atoms with Gasteiger partial charge in [0.25, 0.3) is 0 Å². The van der Waals surface area contributed by atoms with Gasteiger partial charge in [-0.05, 0) is 24.3 Å². The number of alkyl halides is 6. The van der Waals surface area contributed by atoms with Crippen molar-refractivity contribution >= 4 is 11.7 Å². The number of halogens is 7. The van der Waals surface area contributed by atoms with E-state index in [9.17, 15) is 35.5 Å². The third-order valence-electron chi connectivity index (χ3n) is 2.03. The molecule has 2 amide bonds. The fourth-order valence-electron chi connectivity index (χ4n) is 1.18. The first-order chi connectivity index (χ1) is 9.00. The summed E-state index contributed by atoms with van der Waals surface area (Å²) in [6, 6.07) is -2.00. The van der Waals surface area contributed by atoms with Crippen molar-refractivity contribution in [3.05, 3.63) is 30.1 Å². The Hall–Kier alpha value is -2.00. The van der Waals surface area contributed by atoms with Crippen LogP contribution in [0.1, 0.15) is 0 Å². The zero-order valence-electron chi connectivity index (χ0n) is 9.44. The number of rotatable bonds is 2. The van der Waals surface area contributed by atoms with Gasteiger partial charge in [0.05, 0.1) is 0 Å². The normalized spacial score (nSPS) is 12.4. The molecule has 1 aromatic carbocycles. The average molecular weight is 304 g/mol. The van der Waals surface area contributed by atoms with Crippen molar-refractivity contribution in [2.24, 2.45) is 0 Å². The van der Waals surface area contributed by atoms with Gasteiger partial charge < -0.3 is 10.6 Å². The van der Waals surface area contributed by atoms with E-state index in [1.165, 1.54) is 0 Å². The molecule has 0 aliphatic rings. The smallest absolute Gasteiger partial charge is 0.318 e. The van der Waals surface area contributed by atoms with E-state index >= 15 is 0 Å². The lowest BCUT2D eigenvalue weighted by Gasteiger charge is -2.23. The summed E-state index contributed by atoms with van der Waals surface area (Å²) >= 11 is 0. The minimum Gasteiger partial charge on any atom is -0.318 e. The van der Waals surface area contributed by atoms with Gasteiger partial charge in [-0.15, -0.1) is 0 Å². The van der Waals surface area contributed by atoms with Gasteiger partial charge in [0.2, 0.25) is 6.04 Å². The lowest BCUT2D eigenvalue weighted by molar-refractivity contribution is -0.255. The molecule has 1 rings (SSSR count). The fraction of sp³-hybridized carbons (Fsp3) is 0.300. The minimum absolute atomic E-state index is 0.160. The Morgan fingerprint density at radius 2 is 1.40 bits per heavy atom. The maximum absolute atomic E-state index is 12.5. The predicted molar refractivity (Wildman–Crippen MR) is 54.5 cm³/mol. The first kappa shape index (κ1) is 16.1. The molecular formula is C10H7F7N2O. The predicted octanol–water partition coefficient (Wildman–Crippen LogP) is 3.44. The second-order valence-corrected chi connectivity index (χ2v) is 3.62. The summed E-state index contributed by atoms with van der Waals surface area (Å²) in [5, 5.41) is 2.49. The summed E-state index contributed by atoms with van der Waals surface area (Å²) in [7, 11) is 0. The Morgan fingerprint density at radius 3 is 1.80 bits per heavy atom. The van der Waals surface area contributed by atoms with E-state index in [1.54, 1.807) is 5.32 Å². The van der Waals surface area contributed by atoms with Crippen molar-refractivity contribution in [3.63, 3.8) is 0 Å². The van der Waals surface area contributed by atoms with Crippen LogP contribution < -0.4 is 10.6 Å². The first-order valence-electron chi connectivity index (χ1n) is 4.96. The first-order valence-corrected chi connectivity index (χ1v) is 4.96. The van der Waals surface area contributed by atoms with E-state index in [0.717, 1.165) is 29.6 Å². The van der Waals surface area contributed by atoms with Crippen LogP contribution in [0.3, 0.4) is 0 Å². The third kappa shape index (κ3) is 4.59. The van der Waals surface area contributed by atoms with Gasteiger partial charge in [0.15, 0.2) is 0 Å². The highest BCUT2D eigenvalue weighted by molar-refractivity contribution is 5.89. The Kier molecular flexibility index (Phi) is 4.46. The van der Waals surface area contributed by atoms with E-state index in [4.69, 9.17) is 0 Å². The molecule has 0 unspecified atom stereocenters. The maximum Gasteiger partial charge on any atom is 0.417 e. The number of nitrogens with one attached hydrogen (secondary N) is 2. The second-order valence-electron chi connectivity index (χ2n) is 3.62. The molecule has 0 bridgehead atoms. The van der Waals surface area contributed by atoms with Gasteiger partial charge in [-0.1, -0.05) is 0 Å².